The first-order valence-electron chi connectivity index (χ1n) is 7.22. The fourth-order valence-electron chi connectivity index (χ4n) is 2.97. The van der Waals surface area contributed by atoms with E-state index in [1.54, 1.807) is 25.2 Å². The number of halogens is 1. The van der Waals surface area contributed by atoms with Gasteiger partial charge in [0.25, 0.3) is 0 Å². The predicted octanol–water partition coefficient (Wildman–Crippen LogP) is 2.68. The lowest BCUT2D eigenvalue weighted by atomic mass is 9.78. The van der Waals surface area contributed by atoms with Crippen molar-refractivity contribution in [3.05, 3.63) is 35.6 Å². The Kier molecular flexibility index (Phi) is 4.94. The molecule has 2 atom stereocenters. The normalized spacial score (nSPS) is 21.8. The second-order valence-corrected chi connectivity index (χ2v) is 5.62. The Labute approximate surface area is 123 Å². The standard InChI is InChI=1S/C16H20FNO3/c1-18(10-11-6-2-5-9-14(11)17)15(19)12-7-3-4-8-13(12)16(20)21/h2,5-6,9,12-13H,3-4,7-8,10H2,1H3,(H,20,21)/t12-,13+/m1/s1. The molecule has 1 aliphatic rings. The third-order valence-corrected chi connectivity index (χ3v) is 4.14. The summed E-state index contributed by atoms with van der Waals surface area (Å²) in [5.74, 6) is -2.57. The molecule has 2 rings (SSSR count). The molecule has 0 saturated heterocycles. The van der Waals surface area contributed by atoms with E-state index in [4.69, 9.17) is 0 Å². The Hall–Kier alpha value is -1.91. The van der Waals surface area contributed by atoms with E-state index in [1.807, 2.05) is 0 Å². The Morgan fingerprint density at radius 1 is 1.24 bits per heavy atom. The van der Waals surface area contributed by atoms with Gasteiger partial charge in [0.05, 0.1) is 11.8 Å². The van der Waals surface area contributed by atoms with Crippen LogP contribution in [0.15, 0.2) is 24.3 Å². The molecule has 114 valence electrons. The third kappa shape index (κ3) is 3.60. The summed E-state index contributed by atoms with van der Waals surface area (Å²) in [5, 5.41) is 9.24. The van der Waals surface area contributed by atoms with Crippen molar-refractivity contribution in [2.24, 2.45) is 11.8 Å². The van der Waals surface area contributed by atoms with Crippen molar-refractivity contribution in [2.75, 3.05) is 7.05 Å². The minimum atomic E-state index is -0.910. The summed E-state index contributed by atoms with van der Waals surface area (Å²) in [6.45, 7) is 0.161. The number of nitrogens with zero attached hydrogens (tertiary/aromatic N) is 1. The van der Waals surface area contributed by atoms with E-state index in [1.165, 1.54) is 11.0 Å². The number of benzene rings is 1. The van der Waals surface area contributed by atoms with Crippen LogP contribution in [-0.2, 0) is 16.1 Å². The number of carboxylic acid groups (broad SMARTS) is 1. The molecule has 0 heterocycles. The summed E-state index contributed by atoms with van der Waals surface area (Å²) in [7, 11) is 1.60. The maximum atomic E-state index is 13.6. The molecule has 1 N–H and O–H groups in total. The van der Waals surface area contributed by atoms with Crippen LogP contribution in [0.25, 0.3) is 0 Å². The van der Waals surface area contributed by atoms with Crippen LogP contribution in [0, 0.1) is 17.7 Å². The van der Waals surface area contributed by atoms with E-state index in [0.29, 0.717) is 18.4 Å². The monoisotopic (exact) mass is 293 g/mol. The average Bonchev–Trinajstić information content (AvgIpc) is 2.48. The van der Waals surface area contributed by atoms with E-state index in [-0.39, 0.29) is 18.3 Å². The maximum Gasteiger partial charge on any atom is 0.307 e. The zero-order chi connectivity index (χ0) is 15.4. The van der Waals surface area contributed by atoms with Gasteiger partial charge < -0.3 is 10.0 Å². The number of aliphatic carboxylic acids is 1. The predicted molar refractivity (Wildman–Crippen MR) is 76.0 cm³/mol. The molecule has 0 aliphatic heterocycles. The number of carboxylic acids is 1. The number of carbonyl (C=O) groups excluding carboxylic acids is 1. The quantitative estimate of drug-likeness (QED) is 0.928. The molecule has 0 bridgehead atoms. The molecule has 1 aliphatic carbocycles. The first kappa shape index (κ1) is 15.5. The molecule has 0 aromatic heterocycles. The summed E-state index contributed by atoms with van der Waals surface area (Å²) >= 11 is 0. The van der Waals surface area contributed by atoms with Crippen molar-refractivity contribution >= 4 is 11.9 Å². The minimum absolute atomic E-state index is 0.161. The summed E-state index contributed by atoms with van der Waals surface area (Å²) in [5.41, 5.74) is 0.441. The summed E-state index contributed by atoms with van der Waals surface area (Å²) in [6.07, 6.45) is 2.85. The highest BCUT2D eigenvalue weighted by molar-refractivity contribution is 5.84. The van der Waals surface area contributed by atoms with Gasteiger partial charge in [-0.05, 0) is 18.9 Å². The number of carbonyl (C=O) groups is 2. The zero-order valence-corrected chi connectivity index (χ0v) is 12.1. The minimum Gasteiger partial charge on any atom is -0.481 e. The second-order valence-electron chi connectivity index (χ2n) is 5.62. The van der Waals surface area contributed by atoms with Crippen LogP contribution in [0.2, 0.25) is 0 Å². The highest BCUT2D eigenvalue weighted by Gasteiger charge is 2.37. The molecule has 0 radical (unpaired) electrons. The average molecular weight is 293 g/mol. The van der Waals surface area contributed by atoms with Crippen LogP contribution in [0.5, 0.6) is 0 Å². The van der Waals surface area contributed by atoms with Gasteiger partial charge in [0, 0.05) is 19.2 Å². The van der Waals surface area contributed by atoms with Gasteiger partial charge in [-0.2, -0.15) is 0 Å². The molecule has 5 heteroatoms. The molecule has 1 aromatic carbocycles. The number of amides is 1. The zero-order valence-electron chi connectivity index (χ0n) is 12.1. The van der Waals surface area contributed by atoms with Gasteiger partial charge in [-0.25, -0.2) is 4.39 Å². The van der Waals surface area contributed by atoms with Gasteiger partial charge in [0.2, 0.25) is 5.91 Å². The van der Waals surface area contributed by atoms with Crippen LogP contribution in [0.1, 0.15) is 31.2 Å². The smallest absolute Gasteiger partial charge is 0.307 e. The van der Waals surface area contributed by atoms with Crippen LogP contribution in [0.4, 0.5) is 4.39 Å². The van der Waals surface area contributed by atoms with Crippen LogP contribution < -0.4 is 0 Å². The molecule has 1 amide bonds. The summed E-state index contributed by atoms with van der Waals surface area (Å²) in [4.78, 5) is 25.2. The van der Waals surface area contributed by atoms with Crippen molar-refractivity contribution in [1.82, 2.24) is 4.90 Å². The lowest BCUT2D eigenvalue weighted by Gasteiger charge is -2.31. The van der Waals surface area contributed by atoms with Crippen molar-refractivity contribution in [2.45, 2.75) is 32.2 Å². The van der Waals surface area contributed by atoms with Crippen molar-refractivity contribution < 1.29 is 19.1 Å². The molecule has 1 saturated carbocycles. The Morgan fingerprint density at radius 3 is 2.48 bits per heavy atom. The fourth-order valence-corrected chi connectivity index (χ4v) is 2.97. The maximum absolute atomic E-state index is 13.6. The summed E-state index contributed by atoms with van der Waals surface area (Å²) < 4.78 is 13.6. The van der Waals surface area contributed by atoms with E-state index in [2.05, 4.69) is 0 Å². The van der Waals surface area contributed by atoms with Gasteiger partial charge in [0.1, 0.15) is 5.82 Å². The Morgan fingerprint density at radius 2 is 1.86 bits per heavy atom. The first-order valence-corrected chi connectivity index (χ1v) is 7.22. The topological polar surface area (TPSA) is 57.6 Å². The van der Waals surface area contributed by atoms with Crippen molar-refractivity contribution in [3.8, 4) is 0 Å². The first-order chi connectivity index (χ1) is 10.0. The van der Waals surface area contributed by atoms with Gasteiger partial charge in [0.15, 0.2) is 0 Å². The molecule has 4 nitrogen and oxygen atoms in total. The molecule has 1 fully saturated rings. The SMILES string of the molecule is CN(Cc1ccccc1F)C(=O)[C@@H]1CCCC[C@@H]1C(=O)O. The third-order valence-electron chi connectivity index (χ3n) is 4.14. The number of hydrogen-bond acceptors (Lipinski definition) is 2. The highest BCUT2D eigenvalue weighted by Crippen LogP contribution is 2.31. The van der Waals surface area contributed by atoms with Gasteiger partial charge in [-0.3, -0.25) is 9.59 Å². The summed E-state index contributed by atoms with van der Waals surface area (Å²) in [6, 6.07) is 6.31. The lowest BCUT2D eigenvalue weighted by Crippen LogP contribution is -2.40. The van der Waals surface area contributed by atoms with E-state index in [0.717, 1.165) is 12.8 Å². The molecule has 0 spiro atoms. The number of hydrogen-bond donors (Lipinski definition) is 1. The van der Waals surface area contributed by atoms with Crippen molar-refractivity contribution in [3.63, 3.8) is 0 Å². The van der Waals surface area contributed by atoms with E-state index < -0.39 is 17.8 Å². The second kappa shape index (κ2) is 6.70. The Bertz CT molecular complexity index is 532. The molecular weight excluding hydrogens is 273 g/mol. The van der Waals surface area contributed by atoms with Gasteiger partial charge in [-0.15, -0.1) is 0 Å². The Balaban J connectivity index is 2.07. The fraction of sp³-hybridized carbons (Fsp3) is 0.500. The molecule has 1 aromatic rings. The van der Waals surface area contributed by atoms with Gasteiger partial charge in [-0.1, -0.05) is 31.0 Å². The molecule has 21 heavy (non-hydrogen) atoms. The van der Waals surface area contributed by atoms with E-state index >= 15 is 0 Å². The van der Waals surface area contributed by atoms with E-state index in [9.17, 15) is 19.1 Å². The number of rotatable bonds is 4. The van der Waals surface area contributed by atoms with Crippen LogP contribution in [0.3, 0.4) is 0 Å². The lowest BCUT2D eigenvalue weighted by molar-refractivity contribution is -0.152. The van der Waals surface area contributed by atoms with Crippen LogP contribution in [-0.4, -0.2) is 28.9 Å². The van der Waals surface area contributed by atoms with Gasteiger partial charge >= 0.3 is 5.97 Å². The largest absolute Gasteiger partial charge is 0.481 e. The van der Waals surface area contributed by atoms with Crippen molar-refractivity contribution in [1.29, 1.82) is 0 Å². The van der Waals surface area contributed by atoms with Crippen LogP contribution >= 0.6 is 0 Å². The molecular formula is C16H20FNO3. The highest BCUT2D eigenvalue weighted by atomic mass is 19.1. The molecule has 0 unspecified atom stereocenters.